The third-order valence-corrected chi connectivity index (χ3v) is 5.46. The summed E-state index contributed by atoms with van der Waals surface area (Å²) in [5, 5.41) is 11.7. The van der Waals surface area contributed by atoms with E-state index in [2.05, 4.69) is 38.1 Å². The van der Waals surface area contributed by atoms with Crippen molar-refractivity contribution in [3.05, 3.63) is 29.3 Å². The van der Waals surface area contributed by atoms with Crippen LogP contribution in [0, 0.1) is 24.7 Å². The third kappa shape index (κ3) is 2.47. The number of aliphatic hydroxyl groups is 1. The van der Waals surface area contributed by atoms with E-state index in [9.17, 15) is 5.11 Å². The minimum atomic E-state index is -0.689. The van der Waals surface area contributed by atoms with Crippen LogP contribution in [0.3, 0.4) is 0 Å². The SMILES string of the molecule is COc1ccc(C)c([C@]2(O)[C@@H](CN(C)C)CC[C@@H]3C[C@@H]32)c1. The molecule has 0 aromatic heterocycles. The van der Waals surface area contributed by atoms with Crippen LogP contribution < -0.4 is 4.74 Å². The molecule has 3 nitrogen and oxygen atoms in total. The lowest BCUT2D eigenvalue weighted by molar-refractivity contribution is -0.0755. The summed E-state index contributed by atoms with van der Waals surface area (Å²) in [5.74, 6) is 2.30. The third-order valence-electron chi connectivity index (χ3n) is 5.46. The van der Waals surface area contributed by atoms with E-state index in [4.69, 9.17) is 4.74 Å². The van der Waals surface area contributed by atoms with Gasteiger partial charge in [-0.2, -0.15) is 0 Å². The van der Waals surface area contributed by atoms with Gasteiger partial charge in [-0.15, -0.1) is 0 Å². The highest BCUT2D eigenvalue weighted by Crippen LogP contribution is 2.61. The highest BCUT2D eigenvalue weighted by atomic mass is 16.5. The standard InChI is InChI=1S/C18H27NO2/c1-12-5-8-15(21-4)10-16(12)18(20)14(11-19(2)3)7-6-13-9-17(13)18/h5,8,10,13-14,17,20H,6-7,9,11H2,1-4H3/t13-,14-,17+,18-/m1/s1. The van der Waals surface area contributed by atoms with Crippen molar-refractivity contribution >= 4 is 0 Å². The Balaban J connectivity index is 2.02. The summed E-state index contributed by atoms with van der Waals surface area (Å²) >= 11 is 0. The van der Waals surface area contributed by atoms with Crippen molar-refractivity contribution in [2.45, 2.75) is 31.8 Å². The van der Waals surface area contributed by atoms with Gasteiger partial charge in [0.1, 0.15) is 5.75 Å². The van der Waals surface area contributed by atoms with Crippen molar-refractivity contribution < 1.29 is 9.84 Å². The van der Waals surface area contributed by atoms with Crippen LogP contribution in [0.1, 0.15) is 30.4 Å². The van der Waals surface area contributed by atoms with E-state index >= 15 is 0 Å². The molecule has 21 heavy (non-hydrogen) atoms. The number of ether oxygens (including phenoxy) is 1. The second kappa shape index (κ2) is 5.29. The predicted molar refractivity (Wildman–Crippen MR) is 84.5 cm³/mol. The molecule has 2 saturated carbocycles. The summed E-state index contributed by atoms with van der Waals surface area (Å²) in [7, 11) is 5.88. The average molecular weight is 289 g/mol. The topological polar surface area (TPSA) is 32.7 Å². The molecule has 116 valence electrons. The van der Waals surface area contributed by atoms with Crippen molar-refractivity contribution in [1.82, 2.24) is 4.90 Å². The van der Waals surface area contributed by atoms with Gasteiger partial charge in [0.2, 0.25) is 0 Å². The van der Waals surface area contributed by atoms with Gasteiger partial charge in [0.05, 0.1) is 12.7 Å². The van der Waals surface area contributed by atoms with Gasteiger partial charge >= 0.3 is 0 Å². The van der Waals surface area contributed by atoms with Gasteiger partial charge in [0.25, 0.3) is 0 Å². The molecule has 3 rings (SSSR count). The fourth-order valence-electron chi connectivity index (χ4n) is 4.29. The second-order valence-corrected chi connectivity index (χ2v) is 7.14. The Kier molecular flexibility index (Phi) is 3.74. The largest absolute Gasteiger partial charge is 0.497 e. The number of hydrogen-bond donors (Lipinski definition) is 1. The van der Waals surface area contributed by atoms with Crippen LogP contribution >= 0.6 is 0 Å². The number of methoxy groups -OCH3 is 1. The van der Waals surface area contributed by atoms with E-state index < -0.39 is 5.60 Å². The van der Waals surface area contributed by atoms with E-state index in [1.807, 2.05) is 6.07 Å². The van der Waals surface area contributed by atoms with E-state index in [0.29, 0.717) is 11.8 Å². The minimum Gasteiger partial charge on any atom is -0.497 e. The van der Waals surface area contributed by atoms with Crippen molar-refractivity contribution in [3.63, 3.8) is 0 Å². The molecule has 2 fully saturated rings. The van der Waals surface area contributed by atoms with Crippen LogP contribution in [-0.4, -0.2) is 37.8 Å². The van der Waals surface area contributed by atoms with Crippen LogP contribution in [-0.2, 0) is 5.60 Å². The highest BCUT2D eigenvalue weighted by Gasteiger charge is 2.59. The first-order valence-corrected chi connectivity index (χ1v) is 7.99. The minimum absolute atomic E-state index is 0.307. The fraction of sp³-hybridized carbons (Fsp3) is 0.667. The van der Waals surface area contributed by atoms with Crippen LogP contribution in [0.25, 0.3) is 0 Å². The van der Waals surface area contributed by atoms with Crippen molar-refractivity contribution in [3.8, 4) is 5.75 Å². The zero-order valence-corrected chi connectivity index (χ0v) is 13.6. The van der Waals surface area contributed by atoms with Gasteiger partial charge in [-0.3, -0.25) is 0 Å². The molecule has 2 aliphatic rings. The van der Waals surface area contributed by atoms with E-state index in [1.165, 1.54) is 18.4 Å². The molecule has 0 amide bonds. The first kappa shape index (κ1) is 14.9. The Morgan fingerprint density at radius 1 is 1.33 bits per heavy atom. The lowest BCUT2D eigenvalue weighted by Gasteiger charge is -2.42. The first-order chi connectivity index (χ1) is 9.96. The molecule has 0 bridgehead atoms. The Hall–Kier alpha value is -1.06. The van der Waals surface area contributed by atoms with Gasteiger partial charge in [0.15, 0.2) is 0 Å². The maximum absolute atomic E-state index is 11.7. The zero-order chi connectivity index (χ0) is 15.2. The number of fused-ring (bicyclic) bond motifs is 1. The highest BCUT2D eigenvalue weighted by molar-refractivity contribution is 5.41. The number of aryl methyl sites for hydroxylation is 1. The van der Waals surface area contributed by atoms with E-state index in [-0.39, 0.29) is 0 Å². The van der Waals surface area contributed by atoms with Gasteiger partial charge < -0.3 is 14.7 Å². The Morgan fingerprint density at radius 3 is 2.76 bits per heavy atom. The fourth-order valence-corrected chi connectivity index (χ4v) is 4.29. The van der Waals surface area contributed by atoms with Crippen molar-refractivity contribution in [2.24, 2.45) is 17.8 Å². The predicted octanol–water partition coefficient (Wildman–Crippen LogP) is 2.80. The quantitative estimate of drug-likeness (QED) is 0.925. The molecular formula is C18H27NO2. The molecule has 0 radical (unpaired) electrons. The molecule has 2 aliphatic carbocycles. The summed E-state index contributed by atoms with van der Waals surface area (Å²) in [4.78, 5) is 2.20. The summed E-state index contributed by atoms with van der Waals surface area (Å²) < 4.78 is 5.39. The van der Waals surface area contributed by atoms with Crippen molar-refractivity contribution in [1.29, 1.82) is 0 Å². The molecule has 1 aromatic rings. The van der Waals surface area contributed by atoms with Crippen LogP contribution in [0.4, 0.5) is 0 Å². The molecule has 0 unspecified atom stereocenters. The Bertz CT molecular complexity index is 528. The average Bonchev–Trinajstić information content (AvgIpc) is 3.23. The normalized spacial score (nSPS) is 34.7. The first-order valence-electron chi connectivity index (χ1n) is 7.99. The molecule has 0 heterocycles. The van der Waals surface area contributed by atoms with Crippen molar-refractivity contribution in [2.75, 3.05) is 27.7 Å². The smallest absolute Gasteiger partial charge is 0.119 e. The molecular weight excluding hydrogens is 262 g/mol. The monoisotopic (exact) mass is 289 g/mol. The summed E-state index contributed by atoms with van der Waals surface area (Å²) in [6.45, 7) is 3.04. The number of benzene rings is 1. The lowest BCUT2D eigenvalue weighted by Crippen LogP contribution is -2.45. The van der Waals surface area contributed by atoms with Gasteiger partial charge in [-0.1, -0.05) is 6.07 Å². The second-order valence-electron chi connectivity index (χ2n) is 7.14. The number of rotatable bonds is 4. The lowest BCUT2D eigenvalue weighted by atomic mass is 9.69. The maximum Gasteiger partial charge on any atom is 0.119 e. The van der Waals surface area contributed by atoms with E-state index in [0.717, 1.165) is 30.2 Å². The van der Waals surface area contributed by atoms with Crippen LogP contribution in [0.2, 0.25) is 0 Å². The van der Waals surface area contributed by atoms with E-state index in [1.54, 1.807) is 7.11 Å². The zero-order valence-electron chi connectivity index (χ0n) is 13.6. The van der Waals surface area contributed by atoms with Gasteiger partial charge in [0, 0.05) is 12.5 Å². The number of hydrogen-bond acceptors (Lipinski definition) is 3. The summed E-state index contributed by atoms with van der Waals surface area (Å²) in [5.41, 5.74) is 1.57. The van der Waals surface area contributed by atoms with Gasteiger partial charge in [-0.05, 0) is 75.4 Å². The molecule has 3 heteroatoms. The van der Waals surface area contributed by atoms with Crippen LogP contribution in [0.15, 0.2) is 18.2 Å². The van der Waals surface area contributed by atoms with Gasteiger partial charge in [-0.25, -0.2) is 0 Å². The molecule has 0 spiro atoms. The van der Waals surface area contributed by atoms with Crippen LogP contribution in [0.5, 0.6) is 5.75 Å². The summed E-state index contributed by atoms with van der Waals surface area (Å²) in [6, 6.07) is 6.11. The molecule has 0 saturated heterocycles. The number of nitrogens with zero attached hydrogens (tertiary/aromatic N) is 1. The maximum atomic E-state index is 11.7. The molecule has 0 aliphatic heterocycles. The molecule has 4 atom stereocenters. The summed E-state index contributed by atoms with van der Waals surface area (Å²) in [6.07, 6.45) is 3.57. The Labute approximate surface area is 127 Å². The Morgan fingerprint density at radius 2 is 2.10 bits per heavy atom. The molecule has 1 aromatic carbocycles. The molecule has 1 N–H and O–H groups in total.